The van der Waals surface area contributed by atoms with E-state index in [4.69, 9.17) is 0 Å². The van der Waals surface area contributed by atoms with Gasteiger partial charge in [-0.25, -0.2) is 8.42 Å². The molecule has 0 fully saturated rings. The molecule has 0 aromatic heterocycles. The minimum absolute atomic E-state index is 0.0521. The van der Waals surface area contributed by atoms with Gasteiger partial charge in [0.25, 0.3) is 0 Å². The first-order chi connectivity index (χ1) is 9.94. The summed E-state index contributed by atoms with van der Waals surface area (Å²) in [6, 6.07) is 9.12. The number of hydrogen-bond acceptors (Lipinski definition) is 3. The molecule has 0 radical (unpaired) electrons. The number of amides is 1. The Labute approximate surface area is 127 Å². The Morgan fingerprint density at radius 2 is 1.90 bits per heavy atom. The number of rotatable bonds is 8. The van der Waals surface area contributed by atoms with E-state index < -0.39 is 9.84 Å². The van der Waals surface area contributed by atoms with Gasteiger partial charge in [0.1, 0.15) is 0 Å². The van der Waals surface area contributed by atoms with Gasteiger partial charge >= 0.3 is 0 Å². The molecule has 0 aliphatic carbocycles. The zero-order valence-electron chi connectivity index (χ0n) is 12.6. The van der Waals surface area contributed by atoms with Crippen molar-refractivity contribution in [2.24, 2.45) is 0 Å². The van der Waals surface area contributed by atoms with Crippen LogP contribution in [0.4, 0.5) is 0 Å². The molecule has 116 valence electrons. The first-order valence-corrected chi connectivity index (χ1v) is 8.96. The minimum atomic E-state index is -3.13. The molecule has 0 saturated heterocycles. The SMILES string of the molecule is CC/C=C(\C)C(=O)NCCCS(=O)(=O)Cc1ccccc1. The molecule has 5 heteroatoms. The Morgan fingerprint density at radius 3 is 2.52 bits per heavy atom. The van der Waals surface area contributed by atoms with E-state index in [0.717, 1.165) is 12.0 Å². The lowest BCUT2D eigenvalue weighted by Gasteiger charge is -2.07. The lowest BCUT2D eigenvalue weighted by Crippen LogP contribution is -2.26. The van der Waals surface area contributed by atoms with E-state index in [1.54, 1.807) is 19.1 Å². The fourth-order valence-corrected chi connectivity index (χ4v) is 3.36. The summed E-state index contributed by atoms with van der Waals surface area (Å²) in [5.41, 5.74) is 1.47. The zero-order valence-corrected chi connectivity index (χ0v) is 13.4. The van der Waals surface area contributed by atoms with E-state index in [-0.39, 0.29) is 17.4 Å². The van der Waals surface area contributed by atoms with Gasteiger partial charge in [0.05, 0.1) is 11.5 Å². The van der Waals surface area contributed by atoms with Gasteiger partial charge in [-0.3, -0.25) is 4.79 Å². The van der Waals surface area contributed by atoms with Crippen LogP contribution in [0.5, 0.6) is 0 Å². The van der Waals surface area contributed by atoms with Gasteiger partial charge in [0, 0.05) is 12.1 Å². The normalized spacial score (nSPS) is 12.2. The fraction of sp³-hybridized carbons (Fsp3) is 0.438. The van der Waals surface area contributed by atoms with Crippen LogP contribution in [0.3, 0.4) is 0 Å². The molecule has 1 rings (SSSR count). The van der Waals surface area contributed by atoms with E-state index in [0.29, 0.717) is 18.5 Å². The van der Waals surface area contributed by atoms with E-state index >= 15 is 0 Å². The van der Waals surface area contributed by atoms with E-state index in [9.17, 15) is 13.2 Å². The van der Waals surface area contributed by atoms with Crippen LogP contribution in [0.25, 0.3) is 0 Å². The first kappa shape index (κ1) is 17.4. The number of hydrogen-bond donors (Lipinski definition) is 1. The van der Waals surface area contributed by atoms with Gasteiger partial charge in [-0.1, -0.05) is 43.3 Å². The van der Waals surface area contributed by atoms with Crippen molar-refractivity contribution in [1.82, 2.24) is 5.32 Å². The summed E-state index contributed by atoms with van der Waals surface area (Å²) in [5.74, 6) is 0.00670. The summed E-state index contributed by atoms with van der Waals surface area (Å²) in [5, 5.41) is 2.73. The summed E-state index contributed by atoms with van der Waals surface area (Å²) < 4.78 is 23.9. The second kappa shape index (κ2) is 8.62. The Morgan fingerprint density at radius 1 is 1.24 bits per heavy atom. The molecule has 1 aromatic carbocycles. The molecule has 1 aromatic rings. The van der Waals surface area contributed by atoms with Crippen molar-refractivity contribution in [3.8, 4) is 0 Å². The van der Waals surface area contributed by atoms with Crippen LogP contribution in [0.2, 0.25) is 0 Å². The molecule has 0 saturated carbocycles. The van der Waals surface area contributed by atoms with Crippen molar-refractivity contribution in [3.05, 3.63) is 47.5 Å². The highest BCUT2D eigenvalue weighted by Crippen LogP contribution is 2.07. The quantitative estimate of drug-likeness (QED) is 0.592. The van der Waals surface area contributed by atoms with E-state index in [1.165, 1.54) is 0 Å². The highest BCUT2D eigenvalue weighted by atomic mass is 32.2. The van der Waals surface area contributed by atoms with Crippen LogP contribution in [-0.4, -0.2) is 26.6 Å². The molecule has 0 spiro atoms. The molecule has 21 heavy (non-hydrogen) atoms. The topological polar surface area (TPSA) is 63.2 Å². The van der Waals surface area contributed by atoms with Crippen molar-refractivity contribution in [2.75, 3.05) is 12.3 Å². The maximum Gasteiger partial charge on any atom is 0.246 e. The Bertz CT molecular complexity index is 577. The zero-order chi connectivity index (χ0) is 15.7. The highest BCUT2D eigenvalue weighted by molar-refractivity contribution is 7.90. The van der Waals surface area contributed by atoms with Crippen molar-refractivity contribution >= 4 is 15.7 Å². The standard InChI is InChI=1S/C16H23NO3S/c1-3-8-14(2)16(18)17-11-7-12-21(19,20)13-15-9-5-4-6-10-15/h4-6,8-10H,3,7,11-13H2,1-2H3,(H,17,18)/b14-8+. The van der Waals surface area contributed by atoms with Gasteiger partial charge in [-0.15, -0.1) is 0 Å². The third-order valence-electron chi connectivity index (χ3n) is 3.02. The monoisotopic (exact) mass is 309 g/mol. The van der Waals surface area contributed by atoms with Gasteiger partial charge in [0.15, 0.2) is 9.84 Å². The number of allylic oxidation sites excluding steroid dienone is 1. The maximum atomic E-state index is 12.0. The number of benzene rings is 1. The van der Waals surface area contributed by atoms with Gasteiger partial charge in [0.2, 0.25) is 5.91 Å². The Kier molecular flexibility index (Phi) is 7.15. The van der Waals surface area contributed by atoms with Crippen LogP contribution >= 0.6 is 0 Å². The molecule has 1 N–H and O–H groups in total. The Hall–Kier alpha value is -1.62. The number of carbonyl (C=O) groups is 1. The maximum absolute atomic E-state index is 12.0. The van der Waals surface area contributed by atoms with Crippen LogP contribution in [0, 0.1) is 0 Å². The average Bonchev–Trinajstić information content (AvgIpc) is 2.44. The average molecular weight is 309 g/mol. The predicted molar refractivity (Wildman–Crippen MR) is 85.6 cm³/mol. The van der Waals surface area contributed by atoms with Crippen molar-refractivity contribution in [1.29, 1.82) is 0 Å². The first-order valence-electron chi connectivity index (χ1n) is 7.14. The number of carbonyl (C=O) groups excluding carboxylic acids is 1. The van der Waals surface area contributed by atoms with E-state index in [1.807, 2.05) is 31.2 Å². The summed E-state index contributed by atoms with van der Waals surface area (Å²) in [4.78, 5) is 11.6. The molecular weight excluding hydrogens is 286 g/mol. The number of sulfone groups is 1. The van der Waals surface area contributed by atoms with Crippen molar-refractivity contribution in [2.45, 2.75) is 32.4 Å². The highest BCUT2D eigenvalue weighted by Gasteiger charge is 2.12. The van der Waals surface area contributed by atoms with Crippen LogP contribution in [0.15, 0.2) is 42.0 Å². The Balaban J connectivity index is 2.35. The minimum Gasteiger partial charge on any atom is -0.352 e. The van der Waals surface area contributed by atoms with Crippen molar-refractivity contribution < 1.29 is 13.2 Å². The molecule has 1 amide bonds. The largest absolute Gasteiger partial charge is 0.352 e. The van der Waals surface area contributed by atoms with Crippen LogP contribution in [0.1, 0.15) is 32.3 Å². The van der Waals surface area contributed by atoms with Gasteiger partial charge in [-0.05, 0) is 25.3 Å². The van der Waals surface area contributed by atoms with Gasteiger partial charge in [-0.2, -0.15) is 0 Å². The predicted octanol–water partition coefficient (Wildman–Crippen LogP) is 2.46. The molecule has 0 bridgehead atoms. The smallest absolute Gasteiger partial charge is 0.246 e. The second-order valence-electron chi connectivity index (χ2n) is 4.98. The number of nitrogens with one attached hydrogen (secondary N) is 1. The summed E-state index contributed by atoms with van der Waals surface area (Å²) in [7, 11) is -3.13. The second-order valence-corrected chi connectivity index (χ2v) is 7.17. The third-order valence-corrected chi connectivity index (χ3v) is 4.70. The lowest BCUT2D eigenvalue weighted by atomic mass is 10.2. The van der Waals surface area contributed by atoms with Gasteiger partial charge < -0.3 is 5.32 Å². The fourth-order valence-electron chi connectivity index (χ4n) is 1.93. The lowest BCUT2D eigenvalue weighted by molar-refractivity contribution is -0.117. The van der Waals surface area contributed by atoms with Crippen molar-refractivity contribution in [3.63, 3.8) is 0 Å². The van der Waals surface area contributed by atoms with E-state index in [2.05, 4.69) is 5.32 Å². The third kappa shape index (κ3) is 7.09. The summed E-state index contributed by atoms with van der Waals surface area (Å²) in [6.45, 7) is 4.10. The summed E-state index contributed by atoms with van der Waals surface area (Å²) in [6.07, 6.45) is 3.09. The molecular formula is C16H23NO3S. The molecule has 0 aliphatic heterocycles. The molecule has 0 heterocycles. The molecule has 0 aliphatic rings. The molecule has 0 atom stereocenters. The van der Waals surface area contributed by atoms with Crippen LogP contribution < -0.4 is 5.32 Å². The summed E-state index contributed by atoms with van der Waals surface area (Å²) >= 11 is 0. The molecule has 0 unspecified atom stereocenters. The van der Waals surface area contributed by atoms with Crippen LogP contribution in [-0.2, 0) is 20.4 Å². The molecule has 4 nitrogen and oxygen atoms in total.